The molecule has 7 nitrogen and oxygen atoms in total. The molecule has 30 heavy (non-hydrogen) atoms. The van der Waals surface area contributed by atoms with Crippen molar-refractivity contribution in [2.45, 2.75) is 24.8 Å². The molecule has 4 rings (SSSR count). The van der Waals surface area contributed by atoms with Crippen LogP contribution in [0.1, 0.15) is 52.0 Å². The summed E-state index contributed by atoms with van der Waals surface area (Å²) in [5, 5.41) is 3.89. The molecule has 1 unspecified atom stereocenters. The fourth-order valence-corrected chi connectivity index (χ4v) is 4.23. The first-order valence-electron chi connectivity index (χ1n) is 9.32. The molecule has 154 valence electrons. The number of halogens is 2. The number of carbonyl (C=O) groups is 1. The molecule has 1 aliphatic carbocycles. The summed E-state index contributed by atoms with van der Waals surface area (Å²) >= 11 is 12.3. The highest BCUT2D eigenvalue weighted by Gasteiger charge is 2.30. The van der Waals surface area contributed by atoms with Crippen LogP contribution in [0.25, 0.3) is 0 Å². The number of benzene rings is 2. The minimum atomic E-state index is -0.798. The van der Waals surface area contributed by atoms with Gasteiger partial charge in [0.25, 0.3) is 11.5 Å². The number of hydrogen-bond acceptors (Lipinski definition) is 4. The monoisotopic (exact) mass is 444 g/mol. The molecule has 0 saturated carbocycles. The van der Waals surface area contributed by atoms with Crippen LogP contribution >= 0.6 is 23.2 Å². The van der Waals surface area contributed by atoms with Crippen molar-refractivity contribution in [3.05, 3.63) is 95.7 Å². The number of fused-ring (bicyclic) bond motifs is 1. The van der Waals surface area contributed by atoms with Crippen LogP contribution in [-0.4, -0.2) is 15.9 Å². The van der Waals surface area contributed by atoms with E-state index < -0.39 is 17.2 Å². The van der Waals surface area contributed by atoms with Gasteiger partial charge in [0, 0.05) is 5.92 Å². The van der Waals surface area contributed by atoms with Gasteiger partial charge >= 0.3 is 5.69 Å². The molecule has 0 saturated heterocycles. The summed E-state index contributed by atoms with van der Waals surface area (Å²) in [6.07, 6.45) is 1.42. The van der Waals surface area contributed by atoms with Gasteiger partial charge in [-0.15, -0.1) is 0 Å². The smallest absolute Gasteiger partial charge is 0.326 e. The van der Waals surface area contributed by atoms with Crippen molar-refractivity contribution in [3.8, 4) is 0 Å². The predicted octanol–water partition coefficient (Wildman–Crippen LogP) is 3.35. The molecule has 2 aromatic carbocycles. The van der Waals surface area contributed by atoms with Gasteiger partial charge in [-0.3, -0.25) is 14.6 Å². The molecule has 0 aliphatic heterocycles. The highest BCUT2D eigenvalue weighted by molar-refractivity contribution is 6.42. The number of nitrogens with one attached hydrogen (secondary N) is 3. The number of aromatic amines is 2. The van der Waals surface area contributed by atoms with Crippen LogP contribution in [0.3, 0.4) is 0 Å². The van der Waals surface area contributed by atoms with Gasteiger partial charge in [0.1, 0.15) is 11.4 Å². The lowest BCUT2D eigenvalue weighted by atomic mass is 9.76. The van der Waals surface area contributed by atoms with Crippen molar-refractivity contribution in [2.24, 2.45) is 0 Å². The maximum Gasteiger partial charge on any atom is 0.326 e. The van der Waals surface area contributed by atoms with Gasteiger partial charge in [-0.2, -0.15) is 0 Å². The Morgan fingerprint density at radius 1 is 1.00 bits per heavy atom. The van der Waals surface area contributed by atoms with Gasteiger partial charge < -0.3 is 16.0 Å². The Bertz CT molecular complexity index is 1250. The molecule has 2 atom stereocenters. The molecule has 1 heterocycles. The predicted molar refractivity (Wildman–Crippen MR) is 116 cm³/mol. The molecule has 3 aromatic rings. The van der Waals surface area contributed by atoms with Crippen LogP contribution in [0.15, 0.2) is 52.1 Å². The van der Waals surface area contributed by atoms with E-state index in [2.05, 4.69) is 10.3 Å². The summed E-state index contributed by atoms with van der Waals surface area (Å²) in [7, 11) is 0. The summed E-state index contributed by atoms with van der Waals surface area (Å²) in [6.45, 7) is 0. The van der Waals surface area contributed by atoms with E-state index in [0.717, 1.165) is 23.1 Å². The van der Waals surface area contributed by atoms with E-state index in [9.17, 15) is 14.4 Å². The Hall–Kier alpha value is -3.03. The second kappa shape index (κ2) is 8.01. The molecule has 0 bridgehead atoms. The normalized spacial score (nSPS) is 17.9. The van der Waals surface area contributed by atoms with Crippen LogP contribution in [-0.2, 0) is 0 Å². The fraction of sp³-hybridized carbons (Fsp3) is 0.190. The van der Waals surface area contributed by atoms with Crippen molar-refractivity contribution in [3.63, 3.8) is 0 Å². The number of nitrogens with two attached hydrogens (primary N) is 1. The van der Waals surface area contributed by atoms with Crippen molar-refractivity contribution >= 4 is 34.8 Å². The number of rotatable bonds is 3. The van der Waals surface area contributed by atoms with Crippen molar-refractivity contribution in [2.75, 3.05) is 5.73 Å². The molecule has 0 spiro atoms. The maximum absolute atomic E-state index is 12.7. The maximum atomic E-state index is 12.7. The number of amides is 1. The van der Waals surface area contributed by atoms with Gasteiger partial charge in [-0.05, 0) is 41.7 Å². The van der Waals surface area contributed by atoms with Crippen LogP contribution in [0.2, 0.25) is 10.0 Å². The van der Waals surface area contributed by atoms with Crippen LogP contribution < -0.4 is 22.3 Å². The Morgan fingerprint density at radius 2 is 1.73 bits per heavy atom. The Balaban J connectivity index is 1.66. The summed E-state index contributed by atoms with van der Waals surface area (Å²) in [5.74, 6) is -0.503. The molecular weight excluding hydrogens is 427 g/mol. The number of H-pyrrole nitrogens is 2. The zero-order chi connectivity index (χ0) is 21.4. The number of anilines is 1. The Morgan fingerprint density at radius 3 is 2.47 bits per heavy atom. The third-order valence-electron chi connectivity index (χ3n) is 5.35. The summed E-state index contributed by atoms with van der Waals surface area (Å²) in [4.78, 5) is 40.3. The van der Waals surface area contributed by atoms with E-state index >= 15 is 0 Å². The lowest BCUT2D eigenvalue weighted by Gasteiger charge is -2.32. The van der Waals surface area contributed by atoms with E-state index in [1.807, 2.05) is 41.4 Å². The fourth-order valence-electron chi connectivity index (χ4n) is 3.92. The quantitative estimate of drug-likeness (QED) is 0.494. The molecule has 1 aliphatic rings. The zero-order valence-electron chi connectivity index (χ0n) is 15.7. The van der Waals surface area contributed by atoms with Gasteiger partial charge in [-0.1, -0.05) is 53.5 Å². The summed E-state index contributed by atoms with van der Waals surface area (Å²) < 4.78 is 0. The lowest BCUT2D eigenvalue weighted by Crippen LogP contribution is -2.36. The third kappa shape index (κ3) is 3.74. The molecular formula is C21H18Cl2N4O3. The number of carbonyl (C=O) groups excluding carboxylic acids is 1. The highest BCUT2D eigenvalue weighted by atomic mass is 35.5. The molecule has 0 radical (unpaired) electrons. The average Bonchev–Trinajstić information content (AvgIpc) is 2.73. The van der Waals surface area contributed by atoms with Gasteiger partial charge in [0.15, 0.2) is 0 Å². The first-order valence-corrected chi connectivity index (χ1v) is 10.1. The minimum absolute atomic E-state index is 0.105. The Labute approximate surface area is 181 Å². The highest BCUT2D eigenvalue weighted by Crippen LogP contribution is 2.42. The second-order valence-electron chi connectivity index (χ2n) is 7.16. The third-order valence-corrected chi connectivity index (χ3v) is 6.09. The van der Waals surface area contributed by atoms with Gasteiger partial charge in [0.2, 0.25) is 0 Å². The van der Waals surface area contributed by atoms with Gasteiger partial charge in [0.05, 0.1) is 16.1 Å². The number of nitrogen functional groups attached to an aromatic ring is 1. The van der Waals surface area contributed by atoms with Gasteiger partial charge in [-0.25, -0.2) is 4.79 Å². The van der Waals surface area contributed by atoms with Crippen LogP contribution in [0.4, 0.5) is 5.69 Å². The van der Waals surface area contributed by atoms with Crippen molar-refractivity contribution in [1.82, 2.24) is 15.3 Å². The SMILES string of the molecule is Nc1c(C(=O)N[C@@H]2CCC(c3ccc(Cl)c(Cl)c3)c3ccccc32)[nH]c(=O)[nH]c1=O. The lowest BCUT2D eigenvalue weighted by molar-refractivity contribution is 0.0927. The van der Waals surface area contributed by atoms with Crippen molar-refractivity contribution in [1.29, 1.82) is 0 Å². The van der Waals surface area contributed by atoms with E-state index in [1.54, 1.807) is 6.07 Å². The first-order chi connectivity index (χ1) is 14.3. The molecule has 1 aromatic heterocycles. The standard InChI is InChI=1S/C21H18Cl2N4O3/c22-14-7-5-10(9-15(14)23)11-6-8-16(13-4-2-1-3-12(11)13)25-20(29)18-17(24)19(28)27-21(30)26-18/h1-5,7,9,11,16H,6,8,24H2,(H,25,29)(H2,26,27,28,30)/t11?,16-/m1/s1. The summed E-state index contributed by atoms with van der Waals surface area (Å²) in [6, 6.07) is 13.1. The average molecular weight is 445 g/mol. The van der Waals surface area contributed by atoms with E-state index in [1.165, 1.54) is 0 Å². The van der Waals surface area contributed by atoms with E-state index in [0.29, 0.717) is 16.5 Å². The summed E-state index contributed by atoms with van der Waals surface area (Å²) in [5.41, 5.74) is 6.59. The minimum Gasteiger partial charge on any atom is -0.392 e. The van der Waals surface area contributed by atoms with E-state index in [-0.39, 0.29) is 23.3 Å². The molecule has 9 heteroatoms. The Kier molecular flexibility index (Phi) is 5.40. The second-order valence-corrected chi connectivity index (χ2v) is 7.97. The topological polar surface area (TPSA) is 121 Å². The molecule has 5 N–H and O–H groups in total. The van der Waals surface area contributed by atoms with Crippen LogP contribution in [0.5, 0.6) is 0 Å². The van der Waals surface area contributed by atoms with E-state index in [4.69, 9.17) is 28.9 Å². The largest absolute Gasteiger partial charge is 0.392 e. The molecule has 0 fully saturated rings. The molecule has 1 amide bonds. The van der Waals surface area contributed by atoms with Crippen LogP contribution in [0, 0.1) is 0 Å². The zero-order valence-corrected chi connectivity index (χ0v) is 17.2. The number of aromatic nitrogens is 2. The number of hydrogen-bond donors (Lipinski definition) is 4. The van der Waals surface area contributed by atoms with Crippen molar-refractivity contribution < 1.29 is 4.79 Å². The first kappa shape index (κ1) is 20.3.